The van der Waals surface area contributed by atoms with Crippen LogP contribution < -0.4 is 0 Å². The summed E-state index contributed by atoms with van der Waals surface area (Å²) in [5.74, 6) is 1.08. The highest BCUT2D eigenvalue weighted by molar-refractivity contribution is 7.17. The first-order valence-corrected chi connectivity index (χ1v) is 7.75. The molecule has 0 radical (unpaired) electrons. The molecule has 0 bridgehead atoms. The summed E-state index contributed by atoms with van der Waals surface area (Å²) >= 11 is 0. The molecule has 0 amide bonds. The van der Waals surface area contributed by atoms with Gasteiger partial charge in [0, 0.05) is 0 Å². The molecular weight excluding hydrogens is 199 g/mol. The van der Waals surface area contributed by atoms with Crippen molar-refractivity contribution in [2.45, 2.75) is 83.2 Å². The topological polar surface area (TPSA) is 0 Å². The molecule has 1 aliphatic rings. The van der Waals surface area contributed by atoms with Gasteiger partial charge in [-0.15, -0.1) is 9.24 Å². The molecule has 0 aromatic rings. The Kier molecular flexibility index (Phi) is 7.71. The molecule has 0 saturated heterocycles. The van der Waals surface area contributed by atoms with Crippen LogP contribution in [0.4, 0.5) is 0 Å². The molecule has 90 valence electrons. The highest BCUT2D eigenvalue weighted by Crippen LogP contribution is 2.28. The zero-order valence-corrected chi connectivity index (χ0v) is 11.7. The van der Waals surface area contributed by atoms with Gasteiger partial charge in [0.05, 0.1) is 0 Å². The Balaban J connectivity index is 2.02. The molecule has 0 spiro atoms. The normalized spacial score (nSPS) is 21.2. The molecule has 15 heavy (non-hydrogen) atoms. The van der Waals surface area contributed by atoms with Crippen LogP contribution in [0.15, 0.2) is 0 Å². The lowest BCUT2D eigenvalue weighted by atomic mass is 9.93. The predicted octanol–water partition coefficient (Wildman–Crippen LogP) is 5.17. The van der Waals surface area contributed by atoms with Gasteiger partial charge in [-0.3, -0.25) is 0 Å². The zero-order valence-electron chi connectivity index (χ0n) is 10.5. The third-order valence-corrected chi connectivity index (χ3v) is 4.49. The van der Waals surface area contributed by atoms with Crippen molar-refractivity contribution in [3.63, 3.8) is 0 Å². The van der Waals surface area contributed by atoms with Crippen molar-refractivity contribution in [1.82, 2.24) is 0 Å². The molecule has 1 rings (SSSR count). The average molecular weight is 228 g/mol. The molecule has 0 N–H and O–H groups in total. The second-order valence-corrected chi connectivity index (χ2v) is 6.28. The van der Waals surface area contributed by atoms with Crippen molar-refractivity contribution < 1.29 is 0 Å². The van der Waals surface area contributed by atoms with Gasteiger partial charge in [-0.1, -0.05) is 64.7 Å². The van der Waals surface area contributed by atoms with E-state index in [0.29, 0.717) is 0 Å². The van der Waals surface area contributed by atoms with E-state index >= 15 is 0 Å². The molecule has 0 nitrogen and oxygen atoms in total. The van der Waals surface area contributed by atoms with Gasteiger partial charge in [-0.25, -0.2) is 0 Å². The maximum atomic E-state index is 3.03. The molecule has 2 atom stereocenters. The van der Waals surface area contributed by atoms with Crippen molar-refractivity contribution in [1.29, 1.82) is 0 Å². The second-order valence-electron chi connectivity index (χ2n) is 5.34. The molecule has 0 aromatic heterocycles. The lowest BCUT2D eigenvalue weighted by Gasteiger charge is -2.15. The monoisotopic (exact) mass is 228 g/mol. The number of hydrogen-bond donors (Lipinski definition) is 0. The summed E-state index contributed by atoms with van der Waals surface area (Å²) in [6.45, 7) is 2.29. The summed E-state index contributed by atoms with van der Waals surface area (Å²) in [7, 11) is 3.03. The summed E-state index contributed by atoms with van der Waals surface area (Å²) in [4.78, 5) is 0. The predicted molar refractivity (Wildman–Crippen MR) is 73.4 cm³/mol. The van der Waals surface area contributed by atoms with E-state index in [9.17, 15) is 0 Å². The van der Waals surface area contributed by atoms with Crippen LogP contribution in [-0.4, -0.2) is 5.66 Å². The molecule has 1 heteroatoms. The van der Waals surface area contributed by atoms with Crippen LogP contribution in [0.5, 0.6) is 0 Å². The SMILES string of the molecule is CCCC(P)CCCC1CCCCCC1. The maximum absolute atomic E-state index is 3.03. The van der Waals surface area contributed by atoms with Crippen LogP contribution in [0.1, 0.15) is 77.6 Å². The first kappa shape index (κ1) is 13.5. The molecule has 0 aromatic carbocycles. The van der Waals surface area contributed by atoms with E-state index in [1.54, 1.807) is 0 Å². The van der Waals surface area contributed by atoms with Crippen LogP contribution >= 0.6 is 9.24 Å². The summed E-state index contributed by atoms with van der Waals surface area (Å²) in [5, 5.41) is 0. The van der Waals surface area contributed by atoms with E-state index in [2.05, 4.69) is 16.2 Å². The first-order valence-electron chi connectivity index (χ1n) is 7.08. The Morgan fingerprint density at radius 1 is 1.07 bits per heavy atom. The Hall–Kier alpha value is 0.430. The van der Waals surface area contributed by atoms with Crippen molar-refractivity contribution in [3.8, 4) is 0 Å². The zero-order chi connectivity index (χ0) is 10.9. The van der Waals surface area contributed by atoms with E-state index in [4.69, 9.17) is 0 Å². The third kappa shape index (κ3) is 6.56. The van der Waals surface area contributed by atoms with Gasteiger partial charge >= 0.3 is 0 Å². The van der Waals surface area contributed by atoms with Crippen molar-refractivity contribution >= 4 is 9.24 Å². The Morgan fingerprint density at radius 2 is 1.73 bits per heavy atom. The molecule has 2 unspecified atom stereocenters. The Bertz CT molecular complexity index is 136. The Morgan fingerprint density at radius 3 is 2.33 bits per heavy atom. The smallest absolute Gasteiger partial charge is 0.0264 e. The lowest BCUT2D eigenvalue weighted by molar-refractivity contribution is 0.407. The summed E-state index contributed by atoms with van der Waals surface area (Å²) in [5.41, 5.74) is 0.890. The quantitative estimate of drug-likeness (QED) is 0.434. The van der Waals surface area contributed by atoms with Gasteiger partial charge in [0.1, 0.15) is 0 Å². The van der Waals surface area contributed by atoms with Gasteiger partial charge in [0.15, 0.2) is 0 Å². The standard InChI is InChI=1S/C14H29P/c1-2-8-14(15)12-7-11-13-9-5-3-4-6-10-13/h13-14H,2-12,15H2,1H3. The molecule has 1 fully saturated rings. The molecule has 1 aliphatic carbocycles. The van der Waals surface area contributed by atoms with Gasteiger partial charge in [0.2, 0.25) is 0 Å². The highest BCUT2D eigenvalue weighted by atomic mass is 31.0. The third-order valence-electron chi connectivity index (χ3n) is 3.82. The van der Waals surface area contributed by atoms with E-state index in [0.717, 1.165) is 11.6 Å². The Labute approximate surface area is 98.8 Å². The van der Waals surface area contributed by atoms with Crippen LogP contribution in [0.25, 0.3) is 0 Å². The fourth-order valence-electron chi connectivity index (χ4n) is 2.84. The average Bonchev–Trinajstić information content (AvgIpc) is 2.47. The highest BCUT2D eigenvalue weighted by Gasteiger charge is 2.12. The van der Waals surface area contributed by atoms with E-state index in [1.807, 2.05) is 0 Å². The molecule has 0 heterocycles. The first-order chi connectivity index (χ1) is 7.33. The van der Waals surface area contributed by atoms with E-state index < -0.39 is 0 Å². The summed E-state index contributed by atoms with van der Waals surface area (Å²) in [6.07, 6.45) is 16.2. The van der Waals surface area contributed by atoms with Gasteiger partial charge in [-0.05, 0) is 24.4 Å². The maximum Gasteiger partial charge on any atom is -0.0264 e. The van der Waals surface area contributed by atoms with Crippen LogP contribution in [0.2, 0.25) is 0 Å². The van der Waals surface area contributed by atoms with Crippen molar-refractivity contribution in [2.24, 2.45) is 5.92 Å². The fourth-order valence-corrected chi connectivity index (χ4v) is 3.41. The van der Waals surface area contributed by atoms with Crippen molar-refractivity contribution in [2.75, 3.05) is 0 Å². The number of rotatable bonds is 6. The van der Waals surface area contributed by atoms with Crippen LogP contribution in [0, 0.1) is 5.92 Å². The van der Waals surface area contributed by atoms with Gasteiger partial charge < -0.3 is 0 Å². The molecule has 1 saturated carbocycles. The van der Waals surface area contributed by atoms with Gasteiger partial charge in [0.25, 0.3) is 0 Å². The summed E-state index contributed by atoms with van der Waals surface area (Å²) < 4.78 is 0. The summed E-state index contributed by atoms with van der Waals surface area (Å²) in [6, 6.07) is 0. The fraction of sp³-hybridized carbons (Fsp3) is 1.00. The van der Waals surface area contributed by atoms with Crippen LogP contribution in [-0.2, 0) is 0 Å². The van der Waals surface area contributed by atoms with Gasteiger partial charge in [-0.2, -0.15) is 0 Å². The minimum Gasteiger partial charge on any atom is -0.134 e. The van der Waals surface area contributed by atoms with Crippen molar-refractivity contribution in [3.05, 3.63) is 0 Å². The second kappa shape index (κ2) is 8.57. The van der Waals surface area contributed by atoms with E-state index in [1.165, 1.54) is 70.6 Å². The molecule has 0 aliphatic heterocycles. The molecular formula is C14H29P. The van der Waals surface area contributed by atoms with E-state index in [-0.39, 0.29) is 0 Å². The van der Waals surface area contributed by atoms with Crippen LogP contribution in [0.3, 0.4) is 0 Å². The largest absolute Gasteiger partial charge is 0.134 e. The lowest BCUT2D eigenvalue weighted by Crippen LogP contribution is -2.02. The number of hydrogen-bond acceptors (Lipinski definition) is 0. The minimum atomic E-state index is 0.890. The minimum absolute atomic E-state index is 0.890.